The Labute approximate surface area is 231 Å². The van der Waals surface area contributed by atoms with Gasteiger partial charge in [0.2, 0.25) is 21.8 Å². The molecule has 0 spiro atoms. The summed E-state index contributed by atoms with van der Waals surface area (Å²) in [5.74, 6) is 0.641. The second-order valence-electron chi connectivity index (χ2n) is 8.95. The van der Waals surface area contributed by atoms with Crippen LogP contribution in [0.4, 0.5) is 5.69 Å². The van der Waals surface area contributed by atoms with Gasteiger partial charge in [-0.15, -0.1) is 0 Å². The van der Waals surface area contributed by atoms with E-state index in [1.165, 1.54) is 22.4 Å². The number of methoxy groups -OCH3 is 2. The van der Waals surface area contributed by atoms with Gasteiger partial charge in [-0.05, 0) is 55.7 Å². The van der Waals surface area contributed by atoms with Crippen molar-refractivity contribution in [2.45, 2.75) is 52.1 Å². The number of nitrogens with one attached hydrogen (secondary N) is 1. The van der Waals surface area contributed by atoms with E-state index in [0.717, 1.165) is 24.7 Å². The van der Waals surface area contributed by atoms with Gasteiger partial charge in [0.25, 0.3) is 0 Å². The first-order valence-corrected chi connectivity index (χ1v) is 14.8. The normalized spacial score (nSPS) is 11.9. The highest BCUT2D eigenvalue weighted by Gasteiger charge is 2.26. The van der Waals surface area contributed by atoms with E-state index in [4.69, 9.17) is 21.1 Å². The first-order chi connectivity index (χ1) is 18.0. The van der Waals surface area contributed by atoms with Crippen molar-refractivity contribution in [1.82, 2.24) is 10.2 Å². The SMILES string of the molecule is CCCCNC(=O)[C@H](C)N(Cc1ccc(OC)cc1)C(=O)CCCN(c1ccc(OC)c(Cl)c1)S(C)(=O)=O. The van der Waals surface area contributed by atoms with E-state index >= 15 is 0 Å². The maximum Gasteiger partial charge on any atom is 0.242 e. The molecule has 1 N–H and O–H groups in total. The van der Waals surface area contributed by atoms with E-state index in [1.54, 1.807) is 38.3 Å². The Bertz CT molecular complexity index is 1170. The molecule has 9 nitrogen and oxygen atoms in total. The predicted octanol–water partition coefficient (Wildman–Crippen LogP) is 4.24. The Morgan fingerprint density at radius 3 is 2.29 bits per heavy atom. The number of benzene rings is 2. The first kappa shape index (κ1) is 31.2. The fourth-order valence-electron chi connectivity index (χ4n) is 3.86. The number of hydrogen-bond acceptors (Lipinski definition) is 6. The van der Waals surface area contributed by atoms with Crippen LogP contribution in [0.5, 0.6) is 11.5 Å². The molecule has 0 saturated carbocycles. The van der Waals surface area contributed by atoms with E-state index in [1.807, 2.05) is 19.1 Å². The number of halogens is 1. The Morgan fingerprint density at radius 2 is 1.74 bits per heavy atom. The van der Waals surface area contributed by atoms with Gasteiger partial charge in [-0.3, -0.25) is 13.9 Å². The molecule has 0 aliphatic rings. The Morgan fingerprint density at radius 1 is 1.05 bits per heavy atom. The minimum Gasteiger partial charge on any atom is -0.497 e. The van der Waals surface area contributed by atoms with Crippen LogP contribution in [0.15, 0.2) is 42.5 Å². The molecule has 2 rings (SSSR count). The van der Waals surface area contributed by atoms with Gasteiger partial charge in [-0.2, -0.15) is 0 Å². The summed E-state index contributed by atoms with van der Waals surface area (Å²) in [5.41, 5.74) is 1.22. The second-order valence-corrected chi connectivity index (χ2v) is 11.3. The third-order valence-corrected chi connectivity index (χ3v) is 7.57. The molecule has 11 heteroatoms. The van der Waals surface area contributed by atoms with Gasteiger partial charge in [-0.25, -0.2) is 8.42 Å². The van der Waals surface area contributed by atoms with Gasteiger partial charge in [0, 0.05) is 26.1 Å². The smallest absolute Gasteiger partial charge is 0.242 e. The third-order valence-electron chi connectivity index (χ3n) is 6.08. The highest BCUT2D eigenvalue weighted by molar-refractivity contribution is 7.92. The highest BCUT2D eigenvalue weighted by atomic mass is 35.5. The summed E-state index contributed by atoms with van der Waals surface area (Å²) in [7, 11) is -0.585. The maximum atomic E-state index is 13.4. The fraction of sp³-hybridized carbons (Fsp3) is 0.481. The molecule has 1 atom stereocenters. The standard InChI is InChI=1S/C27H38ClN3O6S/c1-6-7-16-29-27(33)20(2)30(19-21-10-13-23(36-3)14-11-21)26(32)9-8-17-31(38(5,34)35)22-12-15-25(37-4)24(28)18-22/h10-15,18,20H,6-9,16-17,19H2,1-5H3,(H,29,33)/t20-/m0/s1. The average molecular weight is 568 g/mol. The minimum absolute atomic E-state index is 0.0542. The maximum absolute atomic E-state index is 13.4. The van der Waals surface area contributed by atoms with E-state index in [-0.39, 0.29) is 42.8 Å². The van der Waals surface area contributed by atoms with Crippen molar-refractivity contribution in [2.24, 2.45) is 0 Å². The Balaban J connectivity index is 2.17. The molecule has 0 heterocycles. The van der Waals surface area contributed by atoms with Crippen LogP contribution in [0, 0.1) is 0 Å². The van der Waals surface area contributed by atoms with Gasteiger partial charge < -0.3 is 19.7 Å². The molecule has 0 unspecified atom stereocenters. The molecule has 0 fully saturated rings. The summed E-state index contributed by atoms with van der Waals surface area (Å²) < 4.78 is 36.6. The van der Waals surface area contributed by atoms with Crippen LogP contribution in [-0.2, 0) is 26.2 Å². The molecule has 2 aromatic carbocycles. The molecule has 0 bridgehead atoms. The largest absolute Gasteiger partial charge is 0.497 e. The predicted molar refractivity (Wildman–Crippen MR) is 150 cm³/mol. The molecule has 210 valence electrons. The van der Waals surface area contributed by atoms with Gasteiger partial charge in [-0.1, -0.05) is 37.1 Å². The highest BCUT2D eigenvalue weighted by Crippen LogP contribution is 2.30. The molecule has 0 aliphatic heterocycles. The van der Waals surface area contributed by atoms with Gasteiger partial charge in [0.15, 0.2) is 0 Å². The number of amides is 2. The molecule has 0 aliphatic carbocycles. The lowest BCUT2D eigenvalue weighted by atomic mass is 10.1. The summed E-state index contributed by atoms with van der Waals surface area (Å²) in [6.45, 7) is 4.58. The van der Waals surface area contributed by atoms with Crippen molar-refractivity contribution >= 4 is 39.1 Å². The summed E-state index contributed by atoms with van der Waals surface area (Å²) in [6, 6.07) is 11.3. The van der Waals surface area contributed by atoms with E-state index in [9.17, 15) is 18.0 Å². The third kappa shape index (κ3) is 9.09. The van der Waals surface area contributed by atoms with Crippen LogP contribution in [0.1, 0.15) is 45.1 Å². The number of carbonyl (C=O) groups excluding carboxylic acids is 2. The molecule has 2 amide bonds. The number of anilines is 1. The quantitative estimate of drug-likeness (QED) is 0.323. The van der Waals surface area contributed by atoms with Gasteiger partial charge in [0.1, 0.15) is 17.5 Å². The van der Waals surface area contributed by atoms with E-state index < -0.39 is 16.1 Å². The van der Waals surface area contributed by atoms with E-state index in [2.05, 4.69) is 5.32 Å². The zero-order chi connectivity index (χ0) is 28.3. The molecular weight excluding hydrogens is 530 g/mol. The van der Waals surface area contributed by atoms with Crippen LogP contribution in [0.3, 0.4) is 0 Å². The first-order valence-electron chi connectivity index (χ1n) is 12.5. The van der Waals surface area contributed by atoms with Crippen LogP contribution >= 0.6 is 11.6 Å². The summed E-state index contributed by atoms with van der Waals surface area (Å²) >= 11 is 6.20. The zero-order valence-corrected chi connectivity index (χ0v) is 24.3. The molecule has 0 aromatic heterocycles. The number of sulfonamides is 1. The molecule has 38 heavy (non-hydrogen) atoms. The molecule has 2 aromatic rings. The second kappa shape index (κ2) is 14.8. The van der Waals surface area contributed by atoms with Crippen LogP contribution in [-0.4, -0.2) is 64.7 Å². The van der Waals surface area contributed by atoms with E-state index in [0.29, 0.717) is 23.7 Å². The number of ether oxygens (including phenoxy) is 2. The lowest BCUT2D eigenvalue weighted by molar-refractivity contribution is -0.140. The number of unbranched alkanes of at least 4 members (excludes halogenated alkanes) is 1. The van der Waals surface area contributed by atoms with Crippen molar-refractivity contribution in [3.63, 3.8) is 0 Å². The summed E-state index contributed by atoms with van der Waals surface area (Å²) in [6.07, 6.45) is 3.20. The molecule has 0 radical (unpaired) electrons. The lowest BCUT2D eigenvalue weighted by Crippen LogP contribution is -2.47. The van der Waals surface area contributed by atoms with Gasteiger partial charge in [0.05, 0.1) is 31.2 Å². The summed E-state index contributed by atoms with van der Waals surface area (Å²) in [4.78, 5) is 27.7. The van der Waals surface area contributed by atoms with Gasteiger partial charge >= 0.3 is 0 Å². The van der Waals surface area contributed by atoms with Crippen molar-refractivity contribution in [3.8, 4) is 11.5 Å². The van der Waals surface area contributed by atoms with Crippen molar-refractivity contribution in [3.05, 3.63) is 53.1 Å². The van der Waals surface area contributed by atoms with Crippen LogP contribution < -0.4 is 19.1 Å². The minimum atomic E-state index is -3.64. The molecule has 0 saturated heterocycles. The zero-order valence-electron chi connectivity index (χ0n) is 22.7. The fourth-order valence-corrected chi connectivity index (χ4v) is 5.07. The topological polar surface area (TPSA) is 105 Å². The number of rotatable bonds is 15. The molecular formula is C27H38ClN3O6S. The Hall–Kier alpha value is -2.98. The summed E-state index contributed by atoms with van der Waals surface area (Å²) in [5, 5.41) is 3.17. The monoisotopic (exact) mass is 567 g/mol. The number of nitrogens with zero attached hydrogens (tertiary/aromatic N) is 2. The Kier molecular flexibility index (Phi) is 12.2. The number of carbonyl (C=O) groups is 2. The van der Waals surface area contributed by atoms with Crippen molar-refractivity contribution in [1.29, 1.82) is 0 Å². The lowest BCUT2D eigenvalue weighted by Gasteiger charge is -2.29. The average Bonchev–Trinajstić information content (AvgIpc) is 2.88. The van der Waals surface area contributed by atoms with Crippen molar-refractivity contribution in [2.75, 3.05) is 37.9 Å². The van der Waals surface area contributed by atoms with Crippen molar-refractivity contribution < 1.29 is 27.5 Å². The number of hydrogen-bond donors (Lipinski definition) is 1. The van der Waals surface area contributed by atoms with Crippen LogP contribution in [0.25, 0.3) is 0 Å². The van der Waals surface area contributed by atoms with Crippen LogP contribution in [0.2, 0.25) is 5.02 Å².